The Labute approximate surface area is 132 Å². The van der Waals surface area contributed by atoms with Gasteiger partial charge in [0.1, 0.15) is 0 Å². The highest BCUT2D eigenvalue weighted by Crippen LogP contribution is 2.20. The van der Waals surface area contributed by atoms with Gasteiger partial charge in [-0.1, -0.05) is 36.4 Å². The Kier molecular flexibility index (Phi) is 3.87. The first-order valence-corrected chi connectivity index (χ1v) is 7.63. The Morgan fingerprint density at radius 1 is 1.00 bits per heavy atom. The van der Waals surface area contributed by atoms with E-state index in [4.69, 9.17) is 0 Å². The van der Waals surface area contributed by atoms with Crippen molar-refractivity contribution in [2.45, 2.75) is 13.5 Å². The van der Waals surface area contributed by atoms with Gasteiger partial charge in [-0.25, -0.2) is 0 Å². The summed E-state index contributed by atoms with van der Waals surface area (Å²) in [6.07, 6.45) is 4.04. The standard InChI is InChI=1S/C17H15IN2/c1-13-4-2-3-5-15(13)11-20-12-16(10-19-20)14-6-8-17(18)9-7-14/h2-10,12H,11H2,1H3. The molecule has 0 saturated heterocycles. The third-order valence-corrected chi connectivity index (χ3v) is 4.12. The molecule has 100 valence electrons. The molecule has 20 heavy (non-hydrogen) atoms. The van der Waals surface area contributed by atoms with E-state index in [9.17, 15) is 0 Å². The minimum atomic E-state index is 0.817. The van der Waals surface area contributed by atoms with E-state index in [1.807, 2.05) is 10.9 Å². The summed E-state index contributed by atoms with van der Waals surface area (Å²) in [6.45, 7) is 2.95. The average Bonchev–Trinajstić information content (AvgIpc) is 2.91. The van der Waals surface area contributed by atoms with Crippen molar-refractivity contribution in [1.82, 2.24) is 9.78 Å². The van der Waals surface area contributed by atoms with E-state index in [2.05, 4.69) is 89.3 Å². The molecule has 2 nitrogen and oxygen atoms in total. The van der Waals surface area contributed by atoms with Crippen LogP contribution in [0.15, 0.2) is 60.9 Å². The Morgan fingerprint density at radius 2 is 1.75 bits per heavy atom. The Balaban J connectivity index is 1.84. The molecule has 0 aliphatic heterocycles. The van der Waals surface area contributed by atoms with Crippen LogP contribution in [0.2, 0.25) is 0 Å². The lowest BCUT2D eigenvalue weighted by atomic mass is 10.1. The van der Waals surface area contributed by atoms with Crippen LogP contribution >= 0.6 is 22.6 Å². The summed E-state index contributed by atoms with van der Waals surface area (Å²) in [5.74, 6) is 0. The van der Waals surface area contributed by atoms with Gasteiger partial charge in [-0.2, -0.15) is 5.10 Å². The van der Waals surface area contributed by atoms with Gasteiger partial charge in [0.25, 0.3) is 0 Å². The molecular formula is C17H15IN2. The minimum Gasteiger partial charge on any atom is -0.268 e. The monoisotopic (exact) mass is 374 g/mol. The molecule has 0 amide bonds. The van der Waals surface area contributed by atoms with Gasteiger partial charge < -0.3 is 0 Å². The second-order valence-electron chi connectivity index (χ2n) is 4.86. The number of hydrogen-bond donors (Lipinski definition) is 0. The molecule has 0 saturated carbocycles. The molecule has 3 aromatic rings. The van der Waals surface area contributed by atoms with Gasteiger partial charge in [0.05, 0.1) is 12.7 Å². The maximum Gasteiger partial charge on any atom is 0.0662 e. The van der Waals surface area contributed by atoms with Crippen molar-refractivity contribution in [3.8, 4) is 11.1 Å². The number of aryl methyl sites for hydroxylation is 1. The fourth-order valence-corrected chi connectivity index (χ4v) is 2.56. The Bertz CT molecular complexity index is 714. The van der Waals surface area contributed by atoms with E-state index in [0.29, 0.717) is 0 Å². The molecule has 0 fully saturated rings. The van der Waals surface area contributed by atoms with E-state index < -0.39 is 0 Å². The van der Waals surface area contributed by atoms with Gasteiger partial charge in [-0.15, -0.1) is 0 Å². The fraction of sp³-hybridized carbons (Fsp3) is 0.118. The smallest absolute Gasteiger partial charge is 0.0662 e. The first-order chi connectivity index (χ1) is 9.72. The van der Waals surface area contributed by atoms with Crippen molar-refractivity contribution in [3.05, 3.63) is 75.6 Å². The maximum atomic E-state index is 4.47. The van der Waals surface area contributed by atoms with Gasteiger partial charge >= 0.3 is 0 Å². The number of benzene rings is 2. The molecule has 1 aromatic heterocycles. The van der Waals surface area contributed by atoms with Gasteiger partial charge in [0, 0.05) is 15.3 Å². The van der Waals surface area contributed by atoms with Crippen LogP contribution in [-0.4, -0.2) is 9.78 Å². The quantitative estimate of drug-likeness (QED) is 0.617. The SMILES string of the molecule is Cc1ccccc1Cn1cc(-c2ccc(I)cc2)cn1. The summed E-state index contributed by atoms with van der Waals surface area (Å²) in [7, 11) is 0. The molecule has 1 heterocycles. The number of aromatic nitrogens is 2. The zero-order valence-electron chi connectivity index (χ0n) is 11.3. The van der Waals surface area contributed by atoms with Crippen molar-refractivity contribution in [2.75, 3.05) is 0 Å². The number of rotatable bonds is 3. The third-order valence-electron chi connectivity index (χ3n) is 3.40. The summed E-state index contributed by atoms with van der Waals surface area (Å²) in [6, 6.07) is 16.9. The third kappa shape index (κ3) is 2.93. The van der Waals surface area contributed by atoms with E-state index in [1.165, 1.54) is 20.3 Å². The van der Waals surface area contributed by atoms with Crippen LogP contribution in [-0.2, 0) is 6.54 Å². The van der Waals surface area contributed by atoms with E-state index in [0.717, 1.165) is 12.1 Å². The molecule has 0 unspecified atom stereocenters. The molecule has 0 bridgehead atoms. The summed E-state index contributed by atoms with van der Waals surface area (Å²) < 4.78 is 3.24. The molecule has 0 atom stereocenters. The van der Waals surface area contributed by atoms with Crippen LogP contribution in [0.5, 0.6) is 0 Å². The van der Waals surface area contributed by atoms with E-state index in [-0.39, 0.29) is 0 Å². The summed E-state index contributed by atoms with van der Waals surface area (Å²) >= 11 is 2.32. The molecule has 3 heteroatoms. The largest absolute Gasteiger partial charge is 0.268 e. The number of halogens is 1. The van der Waals surface area contributed by atoms with E-state index >= 15 is 0 Å². The Morgan fingerprint density at radius 3 is 2.50 bits per heavy atom. The topological polar surface area (TPSA) is 17.8 Å². The zero-order valence-corrected chi connectivity index (χ0v) is 13.4. The zero-order chi connectivity index (χ0) is 13.9. The van der Waals surface area contributed by atoms with Crippen LogP contribution in [0.4, 0.5) is 0 Å². The first kappa shape index (κ1) is 13.4. The number of hydrogen-bond acceptors (Lipinski definition) is 1. The molecule has 0 spiro atoms. The second kappa shape index (κ2) is 5.79. The summed E-state index contributed by atoms with van der Waals surface area (Å²) in [4.78, 5) is 0. The van der Waals surface area contributed by atoms with Crippen LogP contribution in [0.25, 0.3) is 11.1 Å². The van der Waals surface area contributed by atoms with Gasteiger partial charge in [0.15, 0.2) is 0 Å². The highest BCUT2D eigenvalue weighted by molar-refractivity contribution is 14.1. The first-order valence-electron chi connectivity index (χ1n) is 6.55. The molecular weight excluding hydrogens is 359 g/mol. The number of nitrogens with zero attached hydrogens (tertiary/aromatic N) is 2. The average molecular weight is 374 g/mol. The molecule has 0 aliphatic rings. The van der Waals surface area contributed by atoms with Gasteiger partial charge in [-0.05, 0) is 58.3 Å². The van der Waals surface area contributed by atoms with Crippen molar-refractivity contribution in [3.63, 3.8) is 0 Å². The van der Waals surface area contributed by atoms with Crippen molar-refractivity contribution >= 4 is 22.6 Å². The summed E-state index contributed by atoms with van der Waals surface area (Å²) in [5, 5.41) is 4.47. The molecule has 0 aliphatic carbocycles. The summed E-state index contributed by atoms with van der Waals surface area (Å²) in [5.41, 5.74) is 4.99. The highest BCUT2D eigenvalue weighted by atomic mass is 127. The fourth-order valence-electron chi connectivity index (χ4n) is 2.20. The minimum absolute atomic E-state index is 0.817. The van der Waals surface area contributed by atoms with Crippen LogP contribution in [0.3, 0.4) is 0 Å². The van der Waals surface area contributed by atoms with Crippen molar-refractivity contribution < 1.29 is 0 Å². The lowest BCUT2D eigenvalue weighted by Gasteiger charge is -2.05. The van der Waals surface area contributed by atoms with Crippen LogP contribution < -0.4 is 0 Å². The normalized spacial score (nSPS) is 10.7. The lowest BCUT2D eigenvalue weighted by Crippen LogP contribution is -2.01. The Hall–Kier alpha value is -1.62. The second-order valence-corrected chi connectivity index (χ2v) is 6.11. The lowest BCUT2D eigenvalue weighted by molar-refractivity contribution is 0.684. The predicted molar refractivity (Wildman–Crippen MR) is 90.7 cm³/mol. The highest BCUT2D eigenvalue weighted by Gasteiger charge is 2.03. The van der Waals surface area contributed by atoms with Crippen molar-refractivity contribution in [2.24, 2.45) is 0 Å². The predicted octanol–water partition coefficient (Wildman–Crippen LogP) is 4.51. The molecule has 3 rings (SSSR count). The van der Waals surface area contributed by atoms with E-state index in [1.54, 1.807) is 0 Å². The van der Waals surface area contributed by atoms with Crippen molar-refractivity contribution in [1.29, 1.82) is 0 Å². The molecule has 0 N–H and O–H groups in total. The van der Waals surface area contributed by atoms with Gasteiger partial charge in [-0.3, -0.25) is 4.68 Å². The van der Waals surface area contributed by atoms with Crippen LogP contribution in [0, 0.1) is 10.5 Å². The molecule has 2 aromatic carbocycles. The maximum absolute atomic E-state index is 4.47. The van der Waals surface area contributed by atoms with Crippen LogP contribution in [0.1, 0.15) is 11.1 Å². The van der Waals surface area contributed by atoms with Gasteiger partial charge in [0.2, 0.25) is 0 Å². The molecule has 0 radical (unpaired) electrons.